The molecule has 19 heavy (non-hydrogen) atoms. The van der Waals surface area contributed by atoms with Crippen LogP contribution in [0.1, 0.15) is 12.8 Å². The van der Waals surface area contributed by atoms with E-state index in [-0.39, 0.29) is 18.6 Å². The monoisotopic (exact) mass is 346 g/mol. The topological polar surface area (TPSA) is 50.4 Å². The van der Waals surface area contributed by atoms with Crippen molar-refractivity contribution in [2.45, 2.75) is 18.9 Å². The molecule has 2 N–H and O–H groups in total. The van der Waals surface area contributed by atoms with Gasteiger partial charge < -0.3 is 15.4 Å². The Morgan fingerprint density at radius 3 is 2.89 bits per heavy atom. The highest BCUT2D eigenvalue weighted by molar-refractivity contribution is 9.10. The number of nitrogens with one attached hydrogen (secondary N) is 2. The Labute approximate surface area is 126 Å². The summed E-state index contributed by atoms with van der Waals surface area (Å²) in [5.41, 5.74) is 0.698. The summed E-state index contributed by atoms with van der Waals surface area (Å²) >= 11 is 9.20. The number of amides is 1. The molecule has 0 bridgehead atoms. The lowest BCUT2D eigenvalue weighted by Gasteiger charge is -2.22. The van der Waals surface area contributed by atoms with Crippen molar-refractivity contribution in [1.29, 1.82) is 0 Å². The van der Waals surface area contributed by atoms with Gasteiger partial charge in [-0.25, -0.2) is 0 Å². The highest BCUT2D eigenvalue weighted by atomic mass is 79.9. The summed E-state index contributed by atoms with van der Waals surface area (Å²) in [6.45, 7) is 1.99. The lowest BCUT2D eigenvalue weighted by molar-refractivity contribution is -0.123. The van der Waals surface area contributed by atoms with Gasteiger partial charge in [0.1, 0.15) is 6.61 Å². The van der Waals surface area contributed by atoms with E-state index in [0.29, 0.717) is 10.7 Å². The third-order valence-electron chi connectivity index (χ3n) is 2.94. The summed E-state index contributed by atoms with van der Waals surface area (Å²) in [4.78, 5) is 11.8. The number of ether oxygens (including phenoxy) is 1. The molecular formula is C13H16BrClN2O2. The molecule has 1 aromatic rings. The van der Waals surface area contributed by atoms with Gasteiger partial charge in [-0.2, -0.15) is 0 Å². The maximum Gasteiger partial charge on any atom is 0.250 e. The fourth-order valence-corrected chi connectivity index (χ4v) is 2.71. The molecule has 1 aromatic carbocycles. The minimum absolute atomic E-state index is 0.0831. The van der Waals surface area contributed by atoms with E-state index in [0.717, 1.165) is 30.4 Å². The quantitative estimate of drug-likeness (QED) is 0.880. The highest BCUT2D eigenvalue weighted by Gasteiger charge is 2.15. The second-order valence-electron chi connectivity index (χ2n) is 4.43. The van der Waals surface area contributed by atoms with Crippen molar-refractivity contribution in [3.8, 4) is 0 Å². The number of carbonyl (C=O) groups is 1. The summed E-state index contributed by atoms with van der Waals surface area (Å²) in [7, 11) is 0. The standard InChI is InChI=1S/C13H16BrClN2O2/c14-11-7-9(15)1-2-12(11)17-13(18)8-19-10-3-5-16-6-4-10/h1-2,7,10,16H,3-6,8H2,(H,17,18). The van der Waals surface area contributed by atoms with Gasteiger partial charge in [0.2, 0.25) is 5.91 Å². The SMILES string of the molecule is O=C(COC1CCNCC1)Nc1ccc(Cl)cc1Br. The highest BCUT2D eigenvalue weighted by Crippen LogP contribution is 2.25. The molecule has 4 nitrogen and oxygen atoms in total. The predicted octanol–water partition coefficient (Wildman–Crippen LogP) is 2.81. The molecule has 2 rings (SSSR count). The van der Waals surface area contributed by atoms with E-state index in [2.05, 4.69) is 26.6 Å². The van der Waals surface area contributed by atoms with E-state index in [1.54, 1.807) is 18.2 Å². The van der Waals surface area contributed by atoms with Gasteiger partial charge in [0.25, 0.3) is 0 Å². The third kappa shape index (κ3) is 4.76. The number of hydrogen-bond acceptors (Lipinski definition) is 3. The van der Waals surface area contributed by atoms with E-state index in [9.17, 15) is 4.79 Å². The first-order chi connectivity index (χ1) is 9.15. The third-order valence-corrected chi connectivity index (χ3v) is 3.83. The van der Waals surface area contributed by atoms with Crippen LogP contribution in [0.2, 0.25) is 5.02 Å². The van der Waals surface area contributed by atoms with Gasteiger partial charge in [0, 0.05) is 9.50 Å². The van der Waals surface area contributed by atoms with Crippen molar-refractivity contribution in [1.82, 2.24) is 5.32 Å². The molecule has 0 atom stereocenters. The molecule has 1 fully saturated rings. The average Bonchev–Trinajstić information content (AvgIpc) is 2.41. The first-order valence-corrected chi connectivity index (χ1v) is 7.39. The summed E-state index contributed by atoms with van der Waals surface area (Å²) in [5.74, 6) is -0.151. The van der Waals surface area contributed by atoms with E-state index < -0.39 is 0 Å². The smallest absolute Gasteiger partial charge is 0.250 e. The minimum atomic E-state index is -0.151. The first-order valence-electron chi connectivity index (χ1n) is 6.22. The minimum Gasteiger partial charge on any atom is -0.368 e. The second-order valence-corrected chi connectivity index (χ2v) is 5.72. The van der Waals surface area contributed by atoms with Crippen LogP contribution in [0.5, 0.6) is 0 Å². The van der Waals surface area contributed by atoms with Crippen molar-refractivity contribution in [2.24, 2.45) is 0 Å². The molecule has 6 heteroatoms. The molecule has 1 aliphatic heterocycles. The lowest BCUT2D eigenvalue weighted by atomic mass is 10.1. The fourth-order valence-electron chi connectivity index (χ4n) is 1.93. The van der Waals surface area contributed by atoms with E-state index in [4.69, 9.17) is 16.3 Å². The Balaban J connectivity index is 1.80. The van der Waals surface area contributed by atoms with E-state index in [1.165, 1.54) is 0 Å². The molecule has 1 saturated heterocycles. The van der Waals surface area contributed by atoms with Crippen molar-refractivity contribution in [3.63, 3.8) is 0 Å². The molecular weight excluding hydrogens is 332 g/mol. The molecule has 104 valence electrons. The van der Waals surface area contributed by atoms with Gasteiger partial charge in [-0.1, -0.05) is 11.6 Å². The second kappa shape index (κ2) is 7.24. The lowest BCUT2D eigenvalue weighted by Crippen LogP contribution is -2.34. The van der Waals surface area contributed by atoms with Crippen LogP contribution in [0.4, 0.5) is 5.69 Å². The molecule has 0 aromatic heterocycles. The number of rotatable bonds is 4. The van der Waals surface area contributed by atoms with Crippen LogP contribution in [0.3, 0.4) is 0 Å². The molecule has 0 aliphatic carbocycles. The van der Waals surface area contributed by atoms with Crippen LogP contribution < -0.4 is 10.6 Å². The van der Waals surface area contributed by atoms with Crippen molar-refractivity contribution in [2.75, 3.05) is 25.0 Å². The maximum atomic E-state index is 11.8. The summed E-state index contributed by atoms with van der Waals surface area (Å²) in [5, 5.41) is 6.67. The van der Waals surface area contributed by atoms with Gasteiger partial charge in [-0.05, 0) is 60.1 Å². The number of anilines is 1. The number of piperidine rings is 1. The number of halogens is 2. The molecule has 0 saturated carbocycles. The molecule has 0 unspecified atom stereocenters. The Bertz CT molecular complexity index is 450. The van der Waals surface area contributed by atoms with Gasteiger partial charge in [0.15, 0.2) is 0 Å². The van der Waals surface area contributed by atoms with Crippen LogP contribution >= 0.6 is 27.5 Å². The van der Waals surface area contributed by atoms with Crippen molar-refractivity contribution < 1.29 is 9.53 Å². The van der Waals surface area contributed by atoms with Crippen molar-refractivity contribution >= 4 is 39.1 Å². The zero-order valence-electron chi connectivity index (χ0n) is 10.4. The molecule has 1 heterocycles. The zero-order chi connectivity index (χ0) is 13.7. The van der Waals surface area contributed by atoms with E-state index in [1.807, 2.05) is 0 Å². The number of benzene rings is 1. The summed E-state index contributed by atoms with van der Waals surface area (Å²) in [6, 6.07) is 5.23. The Kier molecular flexibility index (Phi) is 5.63. The Hall–Kier alpha value is -0.620. The summed E-state index contributed by atoms with van der Waals surface area (Å²) in [6.07, 6.45) is 2.09. The average molecular weight is 348 g/mol. The number of hydrogen-bond donors (Lipinski definition) is 2. The van der Waals surface area contributed by atoms with Crippen LogP contribution in [-0.4, -0.2) is 31.7 Å². The Morgan fingerprint density at radius 1 is 1.47 bits per heavy atom. The van der Waals surface area contributed by atoms with Crippen molar-refractivity contribution in [3.05, 3.63) is 27.7 Å². The normalized spacial score (nSPS) is 16.3. The van der Waals surface area contributed by atoms with Gasteiger partial charge in [-0.15, -0.1) is 0 Å². The van der Waals surface area contributed by atoms with Gasteiger partial charge in [-0.3, -0.25) is 4.79 Å². The predicted molar refractivity (Wildman–Crippen MR) is 79.6 cm³/mol. The molecule has 1 aliphatic rings. The van der Waals surface area contributed by atoms with Crippen LogP contribution in [0.25, 0.3) is 0 Å². The van der Waals surface area contributed by atoms with Crippen LogP contribution in [0.15, 0.2) is 22.7 Å². The maximum absolute atomic E-state index is 11.8. The molecule has 0 spiro atoms. The molecule has 1 amide bonds. The molecule has 0 radical (unpaired) electrons. The number of carbonyl (C=O) groups excluding carboxylic acids is 1. The first kappa shape index (κ1) is 14.8. The van der Waals surface area contributed by atoms with Crippen LogP contribution in [0, 0.1) is 0 Å². The Morgan fingerprint density at radius 2 is 2.21 bits per heavy atom. The summed E-state index contributed by atoms with van der Waals surface area (Å²) < 4.78 is 6.35. The van der Waals surface area contributed by atoms with Gasteiger partial charge >= 0.3 is 0 Å². The van der Waals surface area contributed by atoms with Crippen LogP contribution in [-0.2, 0) is 9.53 Å². The van der Waals surface area contributed by atoms with E-state index >= 15 is 0 Å². The fraction of sp³-hybridized carbons (Fsp3) is 0.462. The van der Waals surface area contributed by atoms with Gasteiger partial charge in [0.05, 0.1) is 11.8 Å². The largest absolute Gasteiger partial charge is 0.368 e. The zero-order valence-corrected chi connectivity index (χ0v) is 12.8.